The number of carboxylic acid groups (broad SMARTS) is 1. The molecule has 0 unspecified atom stereocenters. The summed E-state index contributed by atoms with van der Waals surface area (Å²) in [6.45, 7) is 4.70. The van der Waals surface area contributed by atoms with E-state index in [2.05, 4.69) is 15.5 Å². The molecule has 0 fully saturated rings. The van der Waals surface area contributed by atoms with Gasteiger partial charge in [0, 0.05) is 19.6 Å². The van der Waals surface area contributed by atoms with E-state index in [0.29, 0.717) is 18.9 Å². The van der Waals surface area contributed by atoms with Crippen LogP contribution in [0.1, 0.15) is 19.2 Å². The summed E-state index contributed by atoms with van der Waals surface area (Å²) in [5.41, 5.74) is 0. The molecule has 0 spiro atoms. The number of hydrogen-bond donors (Lipinski definition) is 1. The van der Waals surface area contributed by atoms with E-state index in [1.54, 1.807) is 4.68 Å². The van der Waals surface area contributed by atoms with Gasteiger partial charge in [0.1, 0.15) is 0 Å². The molecule has 108 valence electrons. The summed E-state index contributed by atoms with van der Waals surface area (Å²) in [5.74, 6) is -0.130. The summed E-state index contributed by atoms with van der Waals surface area (Å²) in [7, 11) is 3.92. The lowest BCUT2D eigenvalue weighted by Crippen LogP contribution is -2.36. The summed E-state index contributed by atoms with van der Waals surface area (Å²) in [5, 5.41) is 20.5. The first-order chi connectivity index (χ1) is 9.02. The molecule has 1 aromatic heterocycles. The van der Waals surface area contributed by atoms with Gasteiger partial charge in [0.25, 0.3) is 0 Å². The highest BCUT2D eigenvalue weighted by Crippen LogP contribution is 2.01. The molecule has 0 aliphatic heterocycles. The van der Waals surface area contributed by atoms with Crippen LogP contribution in [0.3, 0.4) is 0 Å². The van der Waals surface area contributed by atoms with Crippen LogP contribution in [0.2, 0.25) is 0 Å². The number of hydrogen-bond acceptors (Lipinski definition) is 6. The van der Waals surface area contributed by atoms with Crippen molar-refractivity contribution >= 4 is 5.97 Å². The van der Waals surface area contributed by atoms with E-state index in [9.17, 15) is 4.79 Å². The molecule has 8 nitrogen and oxygen atoms in total. The SMILES string of the molecule is CCCn1nnnc1CN(CCN(C)C)CC(=O)O. The van der Waals surface area contributed by atoms with Gasteiger partial charge in [-0.25, -0.2) is 4.68 Å². The molecular weight excluding hydrogens is 248 g/mol. The van der Waals surface area contributed by atoms with E-state index in [-0.39, 0.29) is 6.54 Å². The quantitative estimate of drug-likeness (QED) is 0.649. The van der Waals surface area contributed by atoms with Crippen molar-refractivity contribution in [1.29, 1.82) is 0 Å². The normalized spacial score (nSPS) is 11.4. The van der Waals surface area contributed by atoms with Crippen LogP contribution >= 0.6 is 0 Å². The predicted octanol–water partition coefficient (Wildman–Crippen LogP) is -0.469. The Morgan fingerprint density at radius 3 is 2.68 bits per heavy atom. The van der Waals surface area contributed by atoms with Gasteiger partial charge >= 0.3 is 5.97 Å². The van der Waals surface area contributed by atoms with Crippen molar-refractivity contribution in [3.05, 3.63) is 5.82 Å². The molecule has 0 bridgehead atoms. The smallest absolute Gasteiger partial charge is 0.317 e. The van der Waals surface area contributed by atoms with Crippen LogP contribution < -0.4 is 0 Å². The van der Waals surface area contributed by atoms with E-state index >= 15 is 0 Å². The van der Waals surface area contributed by atoms with Gasteiger partial charge in [-0.1, -0.05) is 6.92 Å². The molecule has 0 aliphatic carbocycles. The number of nitrogens with zero attached hydrogens (tertiary/aromatic N) is 6. The van der Waals surface area contributed by atoms with Crippen LogP contribution in [-0.4, -0.2) is 74.8 Å². The highest BCUT2D eigenvalue weighted by atomic mass is 16.4. The number of carboxylic acids is 1. The molecule has 0 saturated heterocycles. The molecule has 0 aliphatic rings. The molecule has 0 atom stereocenters. The van der Waals surface area contributed by atoms with Crippen LogP contribution in [0.25, 0.3) is 0 Å². The zero-order valence-corrected chi connectivity index (χ0v) is 11.8. The van der Waals surface area contributed by atoms with Crippen LogP contribution in [-0.2, 0) is 17.9 Å². The molecule has 0 amide bonds. The van der Waals surface area contributed by atoms with Crippen LogP contribution in [0.5, 0.6) is 0 Å². The highest BCUT2D eigenvalue weighted by molar-refractivity contribution is 5.69. The van der Waals surface area contributed by atoms with E-state index in [1.807, 2.05) is 30.8 Å². The third kappa shape index (κ3) is 5.75. The summed E-state index contributed by atoms with van der Waals surface area (Å²) in [4.78, 5) is 14.7. The van der Waals surface area contributed by atoms with Crippen molar-refractivity contribution in [3.63, 3.8) is 0 Å². The molecule has 0 saturated carbocycles. The Morgan fingerprint density at radius 1 is 1.37 bits per heavy atom. The minimum atomic E-state index is -0.840. The second-order valence-corrected chi connectivity index (χ2v) is 4.73. The zero-order chi connectivity index (χ0) is 14.3. The van der Waals surface area contributed by atoms with E-state index < -0.39 is 5.97 Å². The Morgan fingerprint density at radius 2 is 2.11 bits per heavy atom. The van der Waals surface area contributed by atoms with Crippen molar-refractivity contribution in [2.75, 3.05) is 33.7 Å². The Labute approximate surface area is 113 Å². The van der Waals surface area contributed by atoms with Gasteiger partial charge in [0.2, 0.25) is 0 Å². The maximum atomic E-state index is 10.9. The van der Waals surface area contributed by atoms with Crippen molar-refractivity contribution in [3.8, 4) is 0 Å². The van der Waals surface area contributed by atoms with Crippen molar-refractivity contribution < 1.29 is 9.90 Å². The zero-order valence-electron chi connectivity index (χ0n) is 11.8. The Balaban J connectivity index is 2.64. The maximum Gasteiger partial charge on any atom is 0.317 e. The Bertz CT molecular complexity index is 392. The van der Waals surface area contributed by atoms with Gasteiger partial charge in [0.05, 0.1) is 13.1 Å². The number of aryl methyl sites for hydroxylation is 1. The fourth-order valence-corrected chi connectivity index (χ4v) is 1.67. The van der Waals surface area contributed by atoms with Crippen LogP contribution in [0, 0.1) is 0 Å². The summed E-state index contributed by atoms with van der Waals surface area (Å²) >= 11 is 0. The largest absolute Gasteiger partial charge is 0.480 e. The van der Waals surface area contributed by atoms with Crippen LogP contribution in [0.15, 0.2) is 0 Å². The highest BCUT2D eigenvalue weighted by Gasteiger charge is 2.14. The van der Waals surface area contributed by atoms with Crippen LogP contribution in [0.4, 0.5) is 0 Å². The Hall–Kier alpha value is -1.54. The lowest BCUT2D eigenvalue weighted by atomic mass is 10.4. The molecule has 1 heterocycles. The van der Waals surface area contributed by atoms with Gasteiger partial charge in [-0.15, -0.1) is 5.10 Å². The van der Waals surface area contributed by atoms with E-state index in [0.717, 1.165) is 19.5 Å². The molecule has 0 aromatic carbocycles. The lowest BCUT2D eigenvalue weighted by Gasteiger charge is -2.21. The predicted molar refractivity (Wildman–Crippen MR) is 69.6 cm³/mol. The fraction of sp³-hybridized carbons (Fsp3) is 0.818. The topological polar surface area (TPSA) is 87.4 Å². The van der Waals surface area contributed by atoms with Gasteiger partial charge in [0.15, 0.2) is 5.82 Å². The Kier molecular flexibility index (Phi) is 6.37. The average molecular weight is 270 g/mol. The lowest BCUT2D eigenvalue weighted by molar-refractivity contribution is -0.138. The molecule has 0 radical (unpaired) electrons. The maximum absolute atomic E-state index is 10.9. The molecule has 8 heteroatoms. The van der Waals surface area contributed by atoms with Gasteiger partial charge in [-0.3, -0.25) is 9.69 Å². The third-order valence-electron chi connectivity index (χ3n) is 2.63. The molecule has 19 heavy (non-hydrogen) atoms. The summed E-state index contributed by atoms with van der Waals surface area (Å²) in [6, 6.07) is 0. The van der Waals surface area contributed by atoms with Gasteiger partial charge in [-0.2, -0.15) is 0 Å². The minimum Gasteiger partial charge on any atom is -0.480 e. The third-order valence-corrected chi connectivity index (χ3v) is 2.63. The summed E-state index contributed by atoms with van der Waals surface area (Å²) in [6.07, 6.45) is 0.939. The first kappa shape index (κ1) is 15.5. The standard InChI is InChI=1S/C11H22N6O2/c1-4-5-17-10(12-13-14-17)8-16(9-11(18)19)7-6-15(2)3/h4-9H2,1-3H3,(H,18,19). The first-order valence-corrected chi connectivity index (χ1v) is 6.36. The number of rotatable bonds is 9. The molecule has 1 rings (SSSR count). The van der Waals surface area contributed by atoms with Crippen molar-refractivity contribution in [1.82, 2.24) is 30.0 Å². The first-order valence-electron chi connectivity index (χ1n) is 6.36. The average Bonchev–Trinajstić information content (AvgIpc) is 2.73. The van der Waals surface area contributed by atoms with E-state index in [1.165, 1.54) is 0 Å². The fourth-order valence-electron chi connectivity index (χ4n) is 1.67. The number of carbonyl (C=O) groups is 1. The second-order valence-electron chi connectivity index (χ2n) is 4.73. The molecular formula is C11H22N6O2. The monoisotopic (exact) mass is 270 g/mol. The van der Waals surface area contributed by atoms with Crippen molar-refractivity contribution in [2.24, 2.45) is 0 Å². The summed E-state index contributed by atoms with van der Waals surface area (Å²) < 4.78 is 1.73. The number of likely N-dealkylation sites (N-methyl/N-ethyl adjacent to an activating group) is 1. The molecule has 1 N–H and O–H groups in total. The number of aliphatic carboxylic acids is 1. The second kappa shape index (κ2) is 7.80. The van der Waals surface area contributed by atoms with Gasteiger partial charge in [-0.05, 0) is 30.9 Å². The van der Waals surface area contributed by atoms with E-state index in [4.69, 9.17) is 5.11 Å². The number of tetrazole rings is 1. The van der Waals surface area contributed by atoms with Crippen molar-refractivity contribution in [2.45, 2.75) is 26.4 Å². The molecule has 1 aromatic rings. The minimum absolute atomic E-state index is 0.00712. The van der Waals surface area contributed by atoms with Gasteiger partial charge < -0.3 is 10.0 Å². The number of aromatic nitrogens is 4.